The van der Waals surface area contributed by atoms with Gasteiger partial charge in [-0.05, 0) is 11.1 Å². The third kappa shape index (κ3) is 2.12. The summed E-state index contributed by atoms with van der Waals surface area (Å²) in [5, 5.41) is 13.5. The molecule has 0 radical (unpaired) electrons. The first kappa shape index (κ1) is 11.3. The van der Waals surface area contributed by atoms with Crippen LogP contribution < -0.4 is 5.32 Å². The van der Waals surface area contributed by atoms with Gasteiger partial charge in [-0.2, -0.15) is 0 Å². The van der Waals surface area contributed by atoms with Crippen molar-refractivity contribution < 1.29 is 5.11 Å². The summed E-state index contributed by atoms with van der Waals surface area (Å²) in [6.07, 6.45) is 5.45. The fourth-order valence-electron chi connectivity index (χ4n) is 2.47. The molecule has 4 heteroatoms. The third-order valence-electron chi connectivity index (χ3n) is 3.34. The van der Waals surface area contributed by atoms with Crippen LogP contribution in [0.3, 0.4) is 0 Å². The summed E-state index contributed by atoms with van der Waals surface area (Å²) >= 11 is 0. The fraction of sp³-hybridized carbons (Fsp3) is 0.286. The topological polar surface area (TPSA) is 58.0 Å². The van der Waals surface area contributed by atoms with Crippen LogP contribution in [0.1, 0.15) is 22.7 Å². The highest BCUT2D eigenvalue weighted by Gasteiger charge is 2.29. The van der Waals surface area contributed by atoms with Crippen molar-refractivity contribution in [1.82, 2.24) is 15.3 Å². The van der Waals surface area contributed by atoms with Gasteiger partial charge < -0.3 is 10.4 Å². The van der Waals surface area contributed by atoms with Gasteiger partial charge >= 0.3 is 0 Å². The van der Waals surface area contributed by atoms with Crippen molar-refractivity contribution in [1.29, 1.82) is 0 Å². The van der Waals surface area contributed by atoms with Gasteiger partial charge in [0.25, 0.3) is 0 Å². The molecule has 92 valence electrons. The van der Waals surface area contributed by atoms with E-state index in [4.69, 9.17) is 0 Å². The fourth-order valence-corrected chi connectivity index (χ4v) is 2.47. The molecule has 18 heavy (non-hydrogen) atoms. The van der Waals surface area contributed by atoms with Gasteiger partial charge in [0.15, 0.2) is 0 Å². The summed E-state index contributed by atoms with van der Waals surface area (Å²) in [5.74, 6) is 0. The van der Waals surface area contributed by atoms with Crippen molar-refractivity contribution in [3.63, 3.8) is 0 Å². The zero-order valence-corrected chi connectivity index (χ0v) is 9.95. The highest BCUT2D eigenvalue weighted by Crippen LogP contribution is 2.31. The number of nitrogens with zero attached hydrogens (tertiary/aromatic N) is 2. The van der Waals surface area contributed by atoms with Crippen molar-refractivity contribution in [3.8, 4) is 0 Å². The molecule has 0 fully saturated rings. The summed E-state index contributed by atoms with van der Waals surface area (Å²) in [5.41, 5.74) is 3.45. The van der Waals surface area contributed by atoms with Gasteiger partial charge in [-0.3, -0.25) is 0 Å². The van der Waals surface area contributed by atoms with Gasteiger partial charge in [0, 0.05) is 30.9 Å². The van der Waals surface area contributed by atoms with Gasteiger partial charge in [-0.1, -0.05) is 24.3 Å². The Morgan fingerprint density at radius 3 is 2.83 bits per heavy atom. The maximum atomic E-state index is 10.1. The Balaban J connectivity index is 1.74. The maximum absolute atomic E-state index is 10.1. The third-order valence-corrected chi connectivity index (χ3v) is 3.34. The number of rotatable bonds is 3. The summed E-state index contributed by atoms with van der Waals surface area (Å²) in [7, 11) is 0. The average molecular weight is 241 g/mol. The van der Waals surface area contributed by atoms with Gasteiger partial charge in [-0.25, -0.2) is 9.97 Å². The number of hydrogen-bond acceptors (Lipinski definition) is 4. The lowest BCUT2D eigenvalue weighted by atomic mass is 10.1. The molecular formula is C14H15N3O. The van der Waals surface area contributed by atoms with Crippen molar-refractivity contribution in [2.75, 3.05) is 0 Å². The largest absolute Gasteiger partial charge is 0.391 e. The molecular weight excluding hydrogens is 226 g/mol. The van der Waals surface area contributed by atoms with Crippen LogP contribution in [0.4, 0.5) is 0 Å². The minimum absolute atomic E-state index is 0.00130. The molecule has 0 bridgehead atoms. The lowest BCUT2D eigenvalue weighted by molar-refractivity contribution is 0.140. The summed E-state index contributed by atoms with van der Waals surface area (Å²) in [4.78, 5) is 7.96. The van der Waals surface area contributed by atoms with Crippen LogP contribution in [0.5, 0.6) is 0 Å². The molecule has 0 aliphatic heterocycles. The predicted molar refractivity (Wildman–Crippen MR) is 67.8 cm³/mol. The van der Waals surface area contributed by atoms with Crippen LogP contribution in [0.2, 0.25) is 0 Å². The molecule has 1 aliphatic rings. The molecule has 2 N–H and O–H groups in total. The molecule has 0 saturated carbocycles. The van der Waals surface area contributed by atoms with E-state index >= 15 is 0 Å². The maximum Gasteiger partial charge on any atom is 0.115 e. The minimum atomic E-state index is -0.355. The molecule has 1 heterocycles. The van der Waals surface area contributed by atoms with Gasteiger partial charge in [-0.15, -0.1) is 0 Å². The molecule has 1 aromatic carbocycles. The Kier molecular flexibility index (Phi) is 3.04. The smallest absolute Gasteiger partial charge is 0.115 e. The van der Waals surface area contributed by atoms with Gasteiger partial charge in [0.2, 0.25) is 0 Å². The van der Waals surface area contributed by atoms with E-state index in [1.54, 1.807) is 12.4 Å². The molecule has 2 atom stereocenters. The first-order chi connectivity index (χ1) is 8.84. The Labute approximate surface area is 106 Å². The Hall–Kier alpha value is -1.78. The van der Waals surface area contributed by atoms with E-state index in [9.17, 15) is 5.11 Å². The quantitative estimate of drug-likeness (QED) is 0.848. The highest BCUT2D eigenvalue weighted by molar-refractivity contribution is 5.36. The number of hydrogen-bond donors (Lipinski definition) is 2. The number of aliphatic hydroxyl groups is 1. The number of fused-ring (bicyclic) bond motifs is 1. The second kappa shape index (κ2) is 4.84. The number of aromatic nitrogens is 2. The van der Waals surface area contributed by atoms with E-state index in [-0.39, 0.29) is 12.1 Å². The molecule has 1 aliphatic carbocycles. The zero-order chi connectivity index (χ0) is 12.4. The van der Waals surface area contributed by atoms with E-state index in [1.165, 1.54) is 17.5 Å². The van der Waals surface area contributed by atoms with Crippen LogP contribution in [0.25, 0.3) is 0 Å². The van der Waals surface area contributed by atoms with Crippen molar-refractivity contribution in [2.45, 2.75) is 25.1 Å². The van der Waals surface area contributed by atoms with E-state index < -0.39 is 0 Å². The highest BCUT2D eigenvalue weighted by atomic mass is 16.3. The van der Waals surface area contributed by atoms with Gasteiger partial charge in [0.1, 0.15) is 6.33 Å². The molecule has 3 rings (SSSR count). The predicted octanol–water partition coefficient (Wildman–Crippen LogP) is 1.22. The van der Waals surface area contributed by atoms with E-state index in [0.29, 0.717) is 6.54 Å². The zero-order valence-electron chi connectivity index (χ0n) is 9.95. The second-order valence-electron chi connectivity index (χ2n) is 4.58. The first-order valence-electron chi connectivity index (χ1n) is 6.08. The minimum Gasteiger partial charge on any atom is -0.391 e. The standard InChI is InChI=1S/C14H15N3O/c18-13-5-11-3-1-2-4-12(11)14(13)17-8-10-6-15-9-16-7-10/h1-4,6-7,9,13-14,17-18H,5,8H2. The van der Waals surface area contributed by atoms with Crippen LogP contribution >= 0.6 is 0 Å². The van der Waals surface area contributed by atoms with E-state index in [1.807, 2.05) is 12.1 Å². The first-order valence-corrected chi connectivity index (χ1v) is 6.08. The van der Waals surface area contributed by atoms with Crippen molar-refractivity contribution >= 4 is 0 Å². The lowest BCUT2D eigenvalue weighted by Crippen LogP contribution is -2.28. The molecule has 2 unspecified atom stereocenters. The molecule has 2 aromatic rings. The number of benzene rings is 1. The molecule has 0 amide bonds. The van der Waals surface area contributed by atoms with Crippen LogP contribution in [-0.2, 0) is 13.0 Å². The molecule has 1 aromatic heterocycles. The van der Waals surface area contributed by atoms with Crippen LogP contribution in [-0.4, -0.2) is 21.2 Å². The second-order valence-corrected chi connectivity index (χ2v) is 4.58. The molecule has 0 spiro atoms. The molecule has 0 saturated heterocycles. The number of nitrogens with one attached hydrogen (secondary N) is 1. The van der Waals surface area contributed by atoms with E-state index in [2.05, 4.69) is 27.4 Å². The number of aliphatic hydroxyl groups excluding tert-OH is 1. The van der Waals surface area contributed by atoms with Crippen LogP contribution in [0.15, 0.2) is 43.0 Å². The normalized spacial score (nSPS) is 21.8. The summed E-state index contributed by atoms with van der Waals surface area (Å²) in [6.45, 7) is 0.664. The van der Waals surface area contributed by atoms with Crippen molar-refractivity contribution in [2.24, 2.45) is 0 Å². The van der Waals surface area contributed by atoms with Crippen molar-refractivity contribution in [3.05, 3.63) is 59.7 Å². The summed E-state index contributed by atoms with van der Waals surface area (Å²) in [6, 6.07) is 8.17. The average Bonchev–Trinajstić information content (AvgIpc) is 2.73. The lowest BCUT2D eigenvalue weighted by Gasteiger charge is -2.17. The van der Waals surface area contributed by atoms with Gasteiger partial charge in [0.05, 0.1) is 12.1 Å². The summed E-state index contributed by atoms with van der Waals surface area (Å²) < 4.78 is 0. The SMILES string of the molecule is OC1Cc2ccccc2C1NCc1cncnc1. The molecule has 4 nitrogen and oxygen atoms in total. The monoisotopic (exact) mass is 241 g/mol. The Morgan fingerprint density at radius 1 is 1.22 bits per heavy atom. The Bertz CT molecular complexity index is 530. The Morgan fingerprint density at radius 2 is 2.00 bits per heavy atom. The van der Waals surface area contributed by atoms with E-state index in [0.717, 1.165) is 12.0 Å². The van der Waals surface area contributed by atoms with Crippen LogP contribution in [0, 0.1) is 0 Å².